The van der Waals surface area contributed by atoms with Gasteiger partial charge in [-0.1, -0.05) is 82.2 Å². The molecule has 1 unspecified atom stereocenters. The molecule has 0 N–H and O–H groups in total. The molecule has 4 heterocycles. The molecule has 0 radical (unpaired) electrons. The highest BCUT2D eigenvalue weighted by Gasteiger charge is 2.21. The molecular weight excluding hydrogens is 564 g/mol. The average Bonchev–Trinajstić information content (AvgIpc) is 3.81. The molecule has 0 fully saturated rings. The maximum Gasteiger partial charge on any atom is 0.220 e. The lowest BCUT2D eigenvalue weighted by Gasteiger charge is -2.10. The van der Waals surface area contributed by atoms with Gasteiger partial charge in [0, 0.05) is 6.85 Å². The Morgan fingerprint density at radius 3 is 1.46 bits per heavy atom. The lowest BCUT2D eigenvalue weighted by atomic mass is 10.0. The Morgan fingerprint density at radius 1 is 0.543 bits per heavy atom. The Balaban J connectivity index is 1.28. The number of hydrogen-bond donors (Lipinski definition) is 0. The van der Waals surface area contributed by atoms with Crippen molar-refractivity contribution >= 4 is 55.7 Å². The van der Waals surface area contributed by atoms with E-state index in [0.29, 0.717) is 17.7 Å². The Hall–Kier alpha value is -5.36. The van der Waals surface area contributed by atoms with Crippen LogP contribution in [-0.2, 0) is 12.8 Å². The first-order valence-corrected chi connectivity index (χ1v) is 15.7. The second-order valence-corrected chi connectivity index (χ2v) is 12.6. The van der Waals surface area contributed by atoms with Crippen molar-refractivity contribution in [1.82, 2.24) is 27.9 Å². The Bertz CT molecular complexity index is 2820. The van der Waals surface area contributed by atoms with Crippen molar-refractivity contribution in [2.24, 2.45) is 11.8 Å². The van der Waals surface area contributed by atoms with E-state index in [1.165, 1.54) is 6.92 Å². The summed E-state index contributed by atoms with van der Waals surface area (Å²) in [6.07, 6.45) is 0.636. The molecule has 46 heavy (non-hydrogen) atoms. The third kappa shape index (κ3) is 3.89. The summed E-state index contributed by atoms with van der Waals surface area (Å²) in [5.41, 5.74) is 11.1. The second kappa shape index (κ2) is 10.1. The quantitative estimate of drug-likeness (QED) is 0.189. The molecule has 6 nitrogen and oxygen atoms in total. The van der Waals surface area contributed by atoms with Gasteiger partial charge in [0.25, 0.3) is 0 Å². The average molecular weight is 606 g/mol. The number of aromatic nitrogens is 6. The zero-order valence-electron chi connectivity index (χ0n) is 31.0. The smallest absolute Gasteiger partial charge is 0.220 e. The summed E-state index contributed by atoms with van der Waals surface area (Å²) >= 11 is 0. The topological polar surface area (TPSA) is 44.5 Å². The molecule has 4 aromatic heterocycles. The predicted molar refractivity (Wildman–Crippen MR) is 190 cm³/mol. The molecular formula is C40H36N6. The normalized spacial score (nSPS) is 15.8. The summed E-state index contributed by atoms with van der Waals surface area (Å²) in [6.45, 7) is 2.89. The first-order chi connectivity index (χ1) is 24.3. The van der Waals surface area contributed by atoms with Crippen molar-refractivity contribution in [3.05, 3.63) is 120 Å². The van der Waals surface area contributed by atoms with E-state index in [9.17, 15) is 0 Å². The highest BCUT2D eigenvalue weighted by atomic mass is 15.2. The lowest BCUT2D eigenvalue weighted by Crippen LogP contribution is -2.00. The minimum atomic E-state index is -2.44. The molecule has 9 rings (SSSR count). The van der Waals surface area contributed by atoms with Gasteiger partial charge in [-0.05, 0) is 90.4 Å². The van der Waals surface area contributed by atoms with Crippen LogP contribution in [0.15, 0.2) is 109 Å². The summed E-state index contributed by atoms with van der Waals surface area (Å²) < 4.78 is 49.9. The van der Waals surface area contributed by atoms with Gasteiger partial charge in [0.15, 0.2) is 0 Å². The van der Waals surface area contributed by atoms with Gasteiger partial charge in [-0.25, -0.2) is 9.97 Å². The van der Waals surface area contributed by atoms with E-state index in [0.717, 1.165) is 66.9 Å². The van der Waals surface area contributed by atoms with Gasteiger partial charge in [0.2, 0.25) is 11.6 Å². The highest BCUT2D eigenvalue weighted by Crippen LogP contribution is 2.34. The molecule has 0 spiro atoms. The summed E-state index contributed by atoms with van der Waals surface area (Å²) in [7, 11) is 0. The summed E-state index contributed by atoms with van der Waals surface area (Å²) in [5.74, 6) is -0.798. The van der Waals surface area contributed by atoms with Crippen molar-refractivity contribution < 1.29 is 6.85 Å². The second-order valence-electron chi connectivity index (χ2n) is 12.6. The van der Waals surface area contributed by atoms with Crippen molar-refractivity contribution in [2.45, 2.75) is 40.5 Å². The minimum absolute atomic E-state index is 0.0464. The molecule has 226 valence electrons. The van der Waals surface area contributed by atoms with Crippen molar-refractivity contribution in [3.8, 4) is 11.4 Å². The summed E-state index contributed by atoms with van der Waals surface area (Å²) in [6, 6.07) is 36.9. The van der Waals surface area contributed by atoms with E-state index < -0.39 is 18.6 Å². The van der Waals surface area contributed by atoms with Crippen LogP contribution in [0.25, 0.3) is 67.1 Å². The van der Waals surface area contributed by atoms with Gasteiger partial charge >= 0.3 is 0 Å². The molecule has 0 saturated heterocycles. The van der Waals surface area contributed by atoms with Gasteiger partial charge in [0.1, 0.15) is 0 Å². The van der Waals surface area contributed by atoms with Crippen LogP contribution < -0.4 is 0 Å². The maximum atomic E-state index is 8.67. The van der Waals surface area contributed by atoms with E-state index in [1.807, 2.05) is 62.4 Å². The number of rotatable bonds is 6. The Kier molecular flexibility index (Phi) is 4.86. The fourth-order valence-corrected chi connectivity index (χ4v) is 7.20. The lowest BCUT2D eigenvalue weighted by molar-refractivity contribution is 0.649. The zero-order valence-corrected chi connectivity index (χ0v) is 26.0. The number of fused-ring (bicyclic) bond motifs is 10. The molecule has 5 aromatic carbocycles. The first kappa shape index (κ1) is 22.2. The standard InChI is InChI=1S/C40H36N6/c1-25(2)22-27-12-9-20-35-37(27)41-39-43(31-16-5-7-18-33(31)45(35)39)29-14-11-15-30(24-29)44-32-17-6-8-19-34(32)46-36-21-10-13-28(23-26(3)4)38(36)42-40(44)46/h5-21,24-26H,22-23H2,1-4H3/i1D3,25D,26D. The molecule has 1 atom stereocenters. The number of benzene rings is 5. The summed E-state index contributed by atoms with van der Waals surface area (Å²) in [4.78, 5) is 10.4. The number of imidazole rings is 4. The Morgan fingerprint density at radius 2 is 0.978 bits per heavy atom. The monoisotopic (exact) mass is 605 g/mol. The van der Waals surface area contributed by atoms with Crippen molar-refractivity contribution in [2.75, 3.05) is 0 Å². The van der Waals surface area contributed by atoms with Crippen LogP contribution >= 0.6 is 0 Å². The van der Waals surface area contributed by atoms with E-state index >= 15 is 0 Å². The largest absolute Gasteiger partial charge is 0.278 e. The van der Waals surface area contributed by atoms with Gasteiger partial charge in [-0.3, -0.25) is 17.9 Å². The molecule has 0 aliphatic rings. The molecule has 0 aliphatic carbocycles. The van der Waals surface area contributed by atoms with Crippen LogP contribution in [0.4, 0.5) is 0 Å². The highest BCUT2D eigenvalue weighted by molar-refractivity contribution is 5.95. The maximum absolute atomic E-state index is 8.67. The predicted octanol–water partition coefficient (Wildman–Crippen LogP) is 9.57. The summed E-state index contributed by atoms with van der Waals surface area (Å²) in [5, 5.41) is 0. The van der Waals surface area contributed by atoms with Crippen LogP contribution in [0.5, 0.6) is 0 Å². The molecule has 9 aromatic rings. The molecule has 0 bridgehead atoms. The van der Waals surface area contributed by atoms with Crippen LogP contribution in [0.1, 0.15) is 45.6 Å². The van der Waals surface area contributed by atoms with Gasteiger partial charge < -0.3 is 0 Å². The molecule has 6 heteroatoms. The first-order valence-electron chi connectivity index (χ1n) is 18.2. The van der Waals surface area contributed by atoms with Gasteiger partial charge in [-0.15, -0.1) is 0 Å². The molecule has 0 aliphatic heterocycles. The van der Waals surface area contributed by atoms with E-state index in [1.54, 1.807) is 0 Å². The number of para-hydroxylation sites is 6. The van der Waals surface area contributed by atoms with Crippen molar-refractivity contribution in [1.29, 1.82) is 0 Å². The number of nitrogens with zero attached hydrogens (tertiary/aromatic N) is 6. The van der Waals surface area contributed by atoms with E-state index in [-0.39, 0.29) is 6.42 Å². The van der Waals surface area contributed by atoms with Gasteiger partial charge in [-0.2, -0.15) is 0 Å². The third-order valence-corrected chi connectivity index (χ3v) is 8.97. The fraction of sp³-hybridized carbons (Fsp3) is 0.200. The van der Waals surface area contributed by atoms with Gasteiger partial charge in [0.05, 0.1) is 55.5 Å². The third-order valence-electron chi connectivity index (χ3n) is 8.97. The molecule has 0 saturated carbocycles. The fourth-order valence-electron chi connectivity index (χ4n) is 7.20. The van der Waals surface area contributed by atoms with E-state index in [2.05, 4.69) is 78.6 Å². The Labute approximate surface area is 274 Å². The SMILES string of the molecule is [2H]C(C)(C)Cc1cccc2c1nc1n(-c3cccc(-n4c5ccccc5n5c6cccc(CC([2H])(C)C([2H])([2H])[2H])c6nc45)c3)c3ccccc3n21. The minimum Gasteiger partial charge on any atom is -0.278 e. The number of hydrogen-bond acceptors (Lipinski definition) is 2. The van der Waals surface area contributed by atoms with Crippen LogP contribution in [-0.4, -0.2) is 27.9 Å². The zero-order chi connectivity index (χ0) is 35.4. The van der Waals surface area contributed by atoms with Crippen LogP contribution in [0.3, 0.4) is 0 Å². The van der Waals surface area contributed by atoms with E-state index in [4.69, 9.17) is 16.8 Å². The van der Waals surface area contributed by atoms with Crippen LogP contribution in [0.2, 0.25) is 0 Å². The van der Waals surface area contributed by atoms with Crippen LogP contribution in [0, 0.1) is 11.8 Å². The molecule has 0 amide bonds. The van der Waals surface area contributed by atoms with Crippen molar-refractivity contribution in [3.63, 3.8) is 0 Å².